The Morgan fingerprint density at radius 3 is 1.93 bits per heavy atom. The first-order valence-electron chi connectivity index (χ1n) is 23.4. The largest absolute Gasteiger partial charge is 0.508 e. The Labute approximate surface area is 414 Å². The fraction of sp³-hybridized carbons (Fsp3) is 0.396. The van der Waals surface area contributed by atoms with E-state index in [4.69, 9.17) is 35.5 Å². The van der Waals surface area contributed by atoms with Crippen LogP contribution in [0.3, 0.4) is 0 Å². The quantitative estimate of drug-likeness (QED) is 0.0967. The standard InChI is InChI=1S/C24H26N2O6Si.C22H19ClN2O3.C6H14OSi.CH4/c1-4-24(30)18-10-20-21-16(11-26(20)22(28)17(18)12-32-23(24)29)14(7-8-33(2,3)31)15-9-13(27)5-6-19(15)25-21;1-4-22(3)15-8-17-19-13(9-25(17)20(26)14(15)10-28-21(22)27)18(23)12-7-11(2)5-6-16(12)24-19;1-5-7-8(3,4)6-2;/h5-6,9-10,27,30-31H,4,7-8,11-12H2,1-3H3;5-8H,4,9-10H2,1-3H3;6H,2,5H2,1,3-4H3;1H4/t24-;22-;;/m01../s1. The van der Waals surface area contributed by atoms with Crippen LogP contribution in [0.4, 0.5) is 0 Å². The van der Waals surface area contributed by atoms with Gasteiger partial charge in [0.25, 0.3) is 11.1 Å². The van der Waals surface area contributed by atoms with E-state index in [-0.39, 0.29) is 67.6 Å². The monoisotopic (exact) mass is 1010 g/mol. The van der Waals surface area contributed by atoms with Gasteiger partial charge in [0.05, 0.1) is 68.5 Å². The highest BCUT2D eigenvalue weighted by molar-refractivity contribution is 6.76. The van der Waals surface area contributed by atoms with E-state index in [1.54, 1.807) is 40.3 Å². The molecule has 0 fully saturated rings. The summed E-state index contributed by atoms with van der Waals surface area (Å²) in [5, 5.41) is 23.5. The normalized spacial score (nSPS) is 18.3. The van der Waals surface area contributed by atoms with Crippen molar-refractivity contribution >= 4 is 62.0 Å². The Morgan fingerprint density at radius 1 is 0.800 bits per heavy atom. The lowest BCUT2D eigenvalue weighted by molar-refractivity contribution is -0.172. The van der Waals surface area contributed by atoms with Gasteiger partial charge in [-0.05, 0) is 126 Å². The molecule has 2 aromatic carbocycles. The lowest BCUT2D eigenvalue weighted by Gasteiger charge is -2.33. The summed E-state index contributed by atoms with van der Waals surface area (Å²) >= 11 is 6.73. The van der Waals surface area contributed by atoms with Gasteiger partial charge in [-0.25, -0.2) is 14.8 Å². The summed E-state index contributed by atoms with van der Waals surface area (Å²) in [6, 6.07) is 15.2. The van der Waals surface area contributed by atoms with E-state index in [9.17, 15) is 34.2 Å². The van der Waals surface area contributed by atoms with E-state index in [0.29, 0.717) is 52.9 Å². The first-order chi connectivity index (χ1) is 32.5. The highest BCUT2D eigenvalue weighted by atomic mass is 35.5. The minimum atomic E-state index is -2.36. The highest BCUT2D eigenvalue weighted by Crippen LogP contribution is 2.44. The molecule has 0 aliphatic carbocycles. The molecule has 17 heteroatoms. The number of carbonyl (C=O) groups is 2. The van der Waals surface area contributed by atoms with Gasteiger partial charge in [-0.3, -0.25) is 14.4 Å². The Kier molecular flexibility index (Phi) is 14.2. The number of aromatic hydroxyl groups is 1. The first kappa shape index (κ1) is 52.1. The van der Waals surface area contributed by atoms with Crippen molar-refractivity contribution < 1.29 is 38.5 Å². The van der Waals surface area contributed by atoms with Crippen LogP contribution in [0.15, 0.2) is 70.4 Å². The van der Waals surface area contributed by atoms with E-state index >= 15 is 0 Å². The van der Waals surface area contributed by atoms with Crippen LogP contribution in [0.1, 0.15) is 92.5 Å². The third kappa shape index (κ3) is 8.98. The van der Waals surface area contributed by atoms with Crippen LogP contribution in [-0.4, -0.2) is 69.3 Å². The Morgan fingerprint density at radius 2 is 1.36 bits per heavy atom. The molecule has 0 unspecified atom stereocenters. The molecule has 3 N–H and O–H groups in total. The Balaban J connectivity index is 0.000000178. The number of carbonyl (C=O) groups excluding carboxylic acids is 2. The zero-order chi connectivity index (χ0) is 50.1. The van der Waals surface area contributed by atoms with Crippen LogP contribution in [0.2, 0.25) is 37.3 Å². The predicted octanol–water partition coefficient (Wildman–Crippen LogP) is 9.23. The van der Waals surface area contributed by atoms with Crippen molar-refractivity contribution in [1.82, 2.24) is 19.1 Å². The second-order valence-corrected chi connectivity index (χ2v) is 28.0. The number of rotatable bonds is 8. The summed E-state index contributed by atoms with van der Waals surface area (Å²) < 4.78 is 19.2. The molecule has 2 atom stereocenters. The zero-order valence-corrected chi connectivity index (χ0v) is 43.4. The molecular weight excluding hydrogens is 944 g/mol. The molecule has 8 heterocycles. The molecule has 6 aromatic rings. The fourth-order valence-electron chi connectivity index (χ4n) is 9.61. The molecule has 0 saturated heterocycles. The molecule has 4 aliphatic heterocycles. The second-order valence-electron chi connectivity index (χ2n) is 19.6. The second kappa shape index (κ2) is 19.1. The van der Waals surface area contributed by atoms with Crippen molar-refractivity contribution in [3.63, 3.8) is 0 Å². The molecule has 0 radical (unpaired) electrons. The number of phenols is 1. The van der Waals surface area contributed by atoms with Crippen LogP contribution in [0.25, 0.3) is 44.6 Å². The molecule has 0 spiro atoms. The molecule has 370 valence electrons. The van der Waals surface area contributed by atoms with E-state index < -0.39 is 33.6 Å². The number of pyridine rings is 4. The Hall–Kier alpha value is -5.76. The van der Waals surface area contributed by atoms with Gasteiger partial charge in [-0.1, -0.05) is 50.2 Å². The highest BCUT2D eigenvalue weighted by Gasteiger charge is 2.46. The number of nitrogens with zero attached hydrogens (tertiary/aromatic N) is 4. The maximum Gasteiger partial charge on any atom is 0.343 e. The van der Waals surface area contributed by atoms with Crippen LogP contribution < -0.4 is 11.1 Å². The number of esters is 2. The third-order valence-corrected chi connectivity index (χ3v) is 17.9. The number of aliphatic hydroxyl groups is 1. The topological polar surface area (TPSA) is 192 Å². The predicted molar refractivity (Wildman–Crippen MR) is 278 cm³/mol. The lowest BCUT2D eigenvalue weighted by atomic mass is 9.76. The van der Waals surface area contributed by atoms with Crippen LogP contribution in [-0.2, 0) is 67.2 Å². The number of hydrogen-bond donors (Lipinski definition) is 3. The number of phenolic OH excluding ortho intramolecular Hbond substituents is 1. The van der Waals surface area contributed by atoms with Gasteiger partial charge in [-0.2, -0.15) is 0 Å². The number of cyclic esters (lactones) is 2. The molecule has 4 aliphatic rings. The first-order valence-corrected chi connectivity index (χ1v) is 29.9. The van der Waals surface area contributed by atoms with Gasteiger partial charge in [-0.15, -0.1) is 6.58 Å². The van der Waals surface area contributed by atoms with Gasteiger partial charge in [0.1, 0.15) is 19.0 Å². The maximum absolute atomic E-state index is 13.4. The number of ether oxygens (including phenoxy) is 2. The van der Waals surface area contributed by atoms with Gasteiger partial charge in [0, 0.05) is 34.1 Å². The average molecular weight is 1010 g/mol. The van der Waals surface area contributed by atoms with Crippen molar-refractivity contribution in [2.75, 3.05) is 6.61 Å². The number of aromatic nitrogens is 4. The number of aryl methyl sites for hydroxylation is 2. The number of fused-ring (bicyclic) bond motifs is 10. The molecular formula is C53H63ClN4O10Si2. The third-order valence-electron chi connectivity index (χ3n) is 14.0. The number of benzene rings is 2. The van der Waals surface area contributed by atoms with Crippen molar-refractivity contribution in [2.24, 2.45) is 0 Å². The molecule has 14 nitrogen and oxygen atoms in total. The number of halogens is 1. The van der Waals surface area contributed by atoms with Gasteiger partial charge < -0.3 is 38.0 Å². The molecule has 10 rings (SSSR count). The van der Waals surface area contributed by atoms with Gasteiger partial charge in [0.15, 0.2) is 13.9 Å². The molecule has 0 bridgehead atoms. The SMILES string of the molecule is C.C=C[Si](C)(C)OCC.CC[C@@]1(C)C(=O)OCc2c1cc1n(c2=O)Cc2c-1nc1ccc(C)cc1c2Cl.CC[C@@]1(O)C(=O)OCc2c1cc1n(c2=O)Cc2c-1nc1ccc(O)cc1c2CC[Si](C)(C)O. The summed E-state index contributed by atoms with van der Waals surface area (Å²) in [5.74, 6) is -0.916. The smallest absolute Gasteiger partial charge is 0.343 e. The maximum atomic E-state index is 13.4. The van der Waals surface area contributed by atoms with E-state index in [1.165, 1.54) is 0 Å². The minimum absolute atomic E-state index is 0. The van der Waals surface area contributed by atoms with Gasteiger partial charge >= 0.3 is 11.9 Å². The van der Waals surface area contributed by atoms with Crippen LogP contribution in [0, 0.1) is 6.92 Å². The summed E-state index contributed by atoms with van der Waals surface area (Å²) in [6.07, 6.45) is 1.23. The lowest BCUT2D eigenvalue weighted by Crippen LogP contribution is -2.44. The van der Waals surface area contributed by atoms with Crippen molar-refractivity contribution in [2.45, 2.75) is 131 Å². The van der Waals surface area contributed by atoms with Crippen molar-refractivity contribution in [3.05, 3.63) is 131 Å². The molecule has 70 heavy (non-hydrogen) atoms. The minimum Gasteiger partial charge on any atom is -0.508 e. The zero-order valence-electron chi connectivity index (χ0n) is 40.6. The molecule has 4 aromatic heterocycles. The summed E-state index contributed by atoms with van der Waals surface area (Å²) in [4.78, 5) is 71.6. The van der Waals surface area contributed by atoms with Crippen LogP contribution >= 0.6 is 11.6 Å². The molecule has 0 saturated carbocycles. The average Bonchev–Trinajstić information content (AvgIpc) is 3.87. The van der Waals surface area contributed by atoms with Crippen molar-refractivity contribution in [1.29, 1.82) is 0 Å². The summed E-state index contributed by atoms with van der Waals surface area (Å²) in [5.41, 5.74) is 8.50. The summed E-state index contributed by atoms with van der Waals surface area (Å²) in [6.45, 7) is 22.5. The van der Waals surface area contributed by atoms with E-state index in [2.05, 4.69) is 19.7 Å². The van der Waals surface area contributed by atoms with E-state index in [0.717, 1.165) is 62.1 Å². The van der Waals surface area contributed by atoms with E-state index in [1.807, 2.05) is 70.8 Å². The summed E-state index contributed by atoms with van der Waals surface area (Å²) in [7, 11) is -3.77. The van der Waals surface area contributed by atoms with Crippen LogP contribution in [0.5, 0.6) is 5.75 Å². The molecule has 0 amide bonds. The Bertz CT molecular complexity index is 3270. The van der Waals surface area contributed by atoms with Crippen molar-refractivity contribution in [3.8, 4) is 28.5 Å². The van der Waals surface area contributed by atoms with Gasteiger partial charge in [0.2, 0.25) is 8.32 Å². The fourth-order valence-corrected chi connectivity index (χ4v) is 11.6. The number of hydrogen-bond acceptors (Lipinski definition) is 12.